The second-order valence-corrected chi connectivity index (χ2v) is 6.12. The van der Waals surface area contributed by atoms with Gasteiger partial charge in [-0.05, 0) is 17.9 Å². The molecule has 0 N–H and O–H groups in total. The Morgan fingerprint density at radius 2 is 2.00 bits per heavy atom. The number of fused-ring (bicyclic) bond motifs is 1. The Labute approximate surface area is 137 Å². The first-order chi connectivity index (χ1) is 9.63. The quantitative estimate of drug-likeness (QED) is 0.455. The van der Waals surface area contributed by atoms with Crippen LogP contribution in [0.2, 0.25) is 0 Å². The summed E-state index contributed by atoms with van der Waals surface area (Å²) in [7, 11) is 0. The van der Waals surface area contributed by atoms with Crippen molar-refractivity contribution in [3.05, 3.63) is 35.9 Å². The average Bonchev–Trinajstić information content (AvgIpc) is 2.44. The Kier molecular flexibility index (Phi) is 5.81. The number of thiol groups is 2. The number of hydrogen-bond acceptors (Lipinski definition) is 4. The van der Waals surface area contributed by atoms with Gasteiger partial charge in [0.2, 0.25) is 0 Å². The molecule has 0 unspecified atom stereocenters. The number of carbonyl (C=O) groups excluding carboxylic acids is 1. The van der Waals surface area contributed by atoms with Crippen molar-refractivity contribution in [3.63, 3.8) is 0 Å². The first-order valence-corrected chi connectivity index (χ1v) is 8.29. The lowest BCUT2D eigenvalue weighted by molar-refractivity contribution is -0.145. The predicted molar refractivity (Wildman–Crippen MR) is 91.3 cm³/mol. The fourth-order valence-electron chi connectivity index (χ4n) is 1.94. The maximum atomic E-state index is 11.5. The minimum Gasteiger partial charge on any atom is -0.461 e. The summed E-state index contributed by atoms with van der Waals surface area (Å²) in [4.78, 5) is 13.2. The highest BCUT2D eigenvalue weighted by Gasteiger charge is 2.09. The van der Waals surface area contributed by atoms with Crippen LogP contribution in [-0.4, -0.2) is 11.3 Å². The SMILES string of the molecule is O=C(CCCBr)OCc1ccc2cccc(S)c2c1S. The van der Waals surface area contributed by atoms with E-state index in [0.29, 0.717) is 6.42 Å². The van der Waals surface area contributed by atoms with Gasteiger partial charge in [0.25, 0.3) is 0 Å². The number of esters is 1. The highest BCUT2D eigenvalue weighted by atomic mass is 79.9. The standard InChI is InChI=1S/C15H15BrO2S2/c16-8-2-5-13(17)18-9-11-7-6-10-3-1-4-12(19)14(10)15(11)20/h1,3-4,6-7,19-20H,2,5,8-9H2. The summed E-state index contributed by atoms with van der Waals surface area (Å²) < 4.78 is 5.27. The Hall–Kier alpha value is -0.650. The molecule has 20 heavy (non-hydrogen) atoms. The van der Waals surface area contributed by atoms with Crippen molar-refractivity contribution >= 4 is 57.9 Å². The van der Waals surface area contributed by atoms with Crippen molar-refractivity contribution in [2.45, 2.75) is 29.2 Å². The number of carbonyl (C=O) groups is 1. The molecule has 0 saturated carbocycles. The van der Waals surface area contributed by atoms with E-state index in [1.54, 1.807) is 0 Å². The molecule has 0 bridgehead atoms. The third kappa shape index (κ3) is 3.71. The van der Waals surface area contributed by atoms with Gasteiger partial charge in [-0.3, -0.25) is 4.79 Å². The largest absolute Gasteiger partial charge is 0.461 e. The van der Waals surface area contributed by atoms with Crippen LogP contribution < -0.4 is 0 Å². The van der Waals surface area contributed by atoms with E-state index < -0.39 is 0 Å². The van der Waals surface area contributed by atoms with Crippen molar-refractivity contribution in [1.82, 2.24) is 0 Å². The van der Waals surface area contributed by atoms with Crippen molar-refractivity contribution in [2.75, 3.05) is 5.33 Å². The van der Waals surface area contributed by atoms with Crippen LogP contribution >= 0.6 is 41.2 Å². The number of hydrogen-bond donors (Lipinski definition) is 2. The summed E-state index contributed by atoms with van der Waals surface area (Å²) >= 11 is 12.3. The lowest BCUT2D eigenvalue weighted by atomic mass is 10.1. The zero-order chi connectivity index (χ0) is 14.5. The fourth-order valence-corrected chi connectivity index (χ4v) is 3.03. The van der Waals surface area contributed by atoms with E-state index in [1.807, 2.05) is 30.3 Å². The molecule has 106 valence electrons. The number of benzene rings is 2. The maximum absolute atomic E-state index is 11.5. The van der Waals surface area contributed by atoms with Crippen LogP contribution in [0.5, 0.6) is 0 Å². The van der Waals surface area contributed by atoms with E-state index in [-0.39, 0.29) is 12.6 Å². The molecule has 0 aliphatic rings. The molecule has 0 aliphatic heterocycles. The molecule has 0 amide bonds. The normalized spacial score (nSPS) is 10.8. The van der Waals surface area contributed by atoms with Gasteiger partial charge in [-0.25, -0.2) is 0 Å². The van der Waals surface area contributed by atoms with Gasteiger partial charge >= 0.3 is 5.97 Å². The summed E-state index contributed by atoms with van der Waals surface area (Å²) in [5.41, 5.74) is 0.898. The maximum Gasteiger partial charge on any atom is 0.306 e. The molecule has 2 aromatic rings. The number of halogens is 1. The zero-order valence-corrected chi connectivity index (χ0v) is 14.2. The highest BCUT2D eigenvalue weighted by Crippen LogP contribution is 2.31. The van der Waals surface area contributed by atoms with Gasteiger partial charge in [-0.1, -0.05) is 40.2 Å². The molecule has 5 heteroatoms. The van der Waals surface area contributed by atoms with Gasteiger partial charge in [-0.15, -0.1) is 25.3 Å². The number of alkyl halides is 1. The minimum absolute atomic E-state index is 0.184. The van der Waals surface area contributed by atoms with E-state index in [2.05, 4.69) is 41.2 Å². The van der Waals surface area contributed by atoms with Crippen LogP contribution in [0.25, 0.3) is 10.8 Å². The number of ether oxygens (including phenoxy) is 1. The van der Waals surface area contributed by atoms with E-state index in [0.717, 1.165) is 37.9 Å². The van der Waals surface area contributed by atoms with Gasteiger partial charge in [0, 0.05) is 32.5 Å². The van der Waals surface area contributed by atoms with E-state index in [1.165, 1.54) is 0 Å². The van der Waals surface area contributed by atoms with Crippen LogP contribution in [-0.2, 0) is 16.1 Å². The highest BCUT2D eigenvalue weighted by molar-refractivity contribution is 9.09. The molecular formula is C15H15BrO2S2. The van der Waals surface area contributed by atoms with Crippen LogP contribution in [0.3, 0.4) is 0 Å². The molecule has 2 rings (SSSR count). The fraction of sp³-hybridized carbons (Fsp3) is 0.267. The van der Waals surface area contributed by atoms with E-state index in [9.17, 15) is 4.79 Å². The lowest BCUT2D eigenvalue weighted by Gasteiger charge is -2.11. The average molecular weight is 371 g/mol. The van der Waals surface area contributed by atoms with Crippen molar-refractivity contribution in [3.8, 4) is 0 Å². The molecule has 0 spiro atoms. The Morgan fingerprint density at radius 3 is 2.75 bits per heavy atom. The van der Waals surface area contributed by atoms with Gasteiger partial charge < -0.3 is 4.74 Å². The molecule has 0 saturated heterocycles. The van der Waals surface area contributed by atoms with E-state index >= 15 is 0 Å². The molecule has 0 radical (unpaired) electrons. The minimum atomic E-state index is -0.184. The van der Waals surface area contributed by atoms with Gasteiger partial charge in [0.05, 0.1) is 0 Å². The zero-order valence-electron chi connectivity index (χ0n) is 10.8. The summed E-state index contributed by atoms with van der Waals surface area (Å²) in [5, 5.41) is 2.88. The van der Waals surface area contributed by atoms with Crippen LogP contribution in [0.15, 0.2) is 40.1 Å². The molecular weight excluding hydrogens is 356 g/mol. The van der Waals surface area contributed by atoms with Crippen molar-refractivity contribution in [1.29, 1.82) is 0 Å². The van der Waals surface area contributed by atoms with Crippen LogP contribution in [0.4, 0.5) is 0 Å². The summed E-state index contributed by atoms with van der Waals surface area (Å²) in [6.07, 6.45) is 1.21. The molecule has 2 nitrogen and oxygen atoms in total. The second-order valence-electron chi connectivity index (χ2n) is 4.40. The van der Waals surface area contributed by atoms with Crippen molar-refractivity contribution in [2.24, 2.45) is 0 Å². The number of rotatable bonds is 5. The summed E-state index contributed by atoms with van der Waals surface area (Å²) in [5.74, 6) is -0.184. The van der Waals surface area contributed by atoms with Crippen molar-refractivity contribution < 1.29 is 9.53 Å². The van der Waals surface area contributed by atoms with Gasteiger partial charge in [0.15, 0.2) is 0 Å². The van der Waals surface area contributed by atoms with Crippen LogP contribution in [0, 0.1) is 0 Å². The molecule has 2 aromatic carbocycles. The molecule has 0 fully saturated rings. The smallest absolute Gasteiger partial charge is 0.306 e. The van der Waals surface area contributed by atoms with Crippen LogP contribution in [0.1, 0.15) is 18.4 Å². The van der Waals surface area contributed by atoms with Gasteiger partial charge in [0.1, 0.15) is 6.61 Å². The molecule has 0 atom stereocenters. The van der Waals surface area contributed by atoms with Gasteiger partial charge in [-0.2, -0.15) is 0 Å². The second kappa shape index (κ2) is 7.38. The Morgan fingerprint density at radius 1 is 1.20 bits per heavy atom. The monoisotopic (exact) mass is 370 g/mol. The summed E-state index contributed by atoms with van der Waals surface area (Å²) in [6.45, 7) is 0.248. The predicted octanol–water partition coefficient (Wildman–Crippen LogP) is 4.64. The third-order valence-corrected chi connectivity index (χ3v) is 4.43. The lowest BCUT2D eigenvalue weighted by Crippen LogP contribution is -2.05. The van der Waals surface area contributed by atoms with E-state index in [4.69, 9.17) is 4.74 Å². The molecule has 0 aromatic heterocycles. The third-order valence-electron chi connectivity index (χ3n) is 2.98. The topological polar surface area (TPSA) is 26.3 Å². The molecule has 0 aliphatic carbocycles. The Balaban J connectivity index is 2.17. The Bertz CT molecular complexity index is 629. The molecule has 0 heterocycles. The first kappa shape index (κ1) is 15.7. The summed E-state index contributed by atoms with van der Waals surface area (Å²) in [6, 6.07) is 9.83. The first-order valence-electron chi connectivity index (χ1n) is 6.27.